The Kier molecular flexibility index (Phi) is 4.47. The van der Waals surface area contributed by atoms with Gasteiger partial charge < -0.3 is 5.32 Å². The topological polar surface area (TPSA) is 63.2 Å². The Morgan fingerprint density at radius 1 is 1.35 bits per heavy atom. The van der Waals surface area contributed by atoms with Crippen LogP contribution in [0, 0.1) is 6.92 Å². The first-order chi connectivity index (χ1) is 9.23. The minimum Gasteiger partial charge on any atom is -0.347 e. The fourth-order valence-electron chi connectivity index (χ4n) is 2.66. The lowest BCUT2D eigenvalue weighted by Crippen LogP contribution is -2.47. The highest BCUT2D eigenvalue weighted by Crippen LogP contribution is 2.31. The molecule has 1 aromatic heterocycles. The van der Waals surface area contributed by atoms with Crippen molar-refractivity contribution in [2.24, 2.45) is 0 Å². The number of nitrogens with one attached hydrogen (secondary N) is 1. The van der Waals surface area contributed by atoms with E-state index in [0.717, 1.165) is 37.0 Å². The molecule has 1 amide bonds. The normalized spacial score (nSPS) is 18.8. The van der Waals surface area contributed by atoms with Gasteiger partial charge >= 0.3 is 0 Å². The summed E-state index contributed by atoms with van der Waals surface area (Å²) in [6, 6.07) is 0. The molecule has 2 rings (SSSR count). The van der Waals surface area contributed by atoms with Crippen LogP contribution >= 0.6 is 22.0 Å². The van der Waals surface area contributed by atoms with Gasteiger partial charge in [-0.3, -0.25) is 4.79 Å². The van der Waals surface area contributed by atoms with E-state index in [9.17, 15) is 13.2 Å². The Hall–Kier alpha value is -0.590. The molecule has 0 saturated heterocycles. The van der Waals surface area contributed by atoms with E-state index < -0.39 is 9.05 Å². The summed E-state index contributed by atoms with van der Waals surface area (Å²) in [5.74, 6) is -0.213. The van der Waals surface area contributed by atoms with E-state index >= 15 is 0 Å². The summed E-state index contributed by atoms with van der Waals surface area (Å²) < 4.78 is 22.8. The van der Waals surface area contributed by atoms with Crippen LogP contribution in [0.25, 0.3) is 0 Å². The van der Waals surface area contributed by atoms with Gasteiger partial charge in [0, 0.05) is 21.6 Å². The van der Waals surface area contributed by atoms with Crippen molar-refractivity contribution < 1.29 is 13.2 Å². The highest BCUT2D eigenvalue weighted by molar-refractivity contribution is 8.15. The van der Waals surface area contributed by atoms with Crippen molar-refractivity contribution in [2.45, 2.75) is 55.7 Å². The standard InChI is InChI=1S/C13H18ClNO3S2/c1-9-10(8-19-12(9)20(14,17)18)11(16)15-13(2)6-4-3-5-7-13/h8H,3-7H2,1-2H3,(H,15,16). The summed E-state index contributed by atoms with van der Waals surface area (Å²) in [6.45, 7) is 3.66. The van der Waals surface area contributed by atoms with Crippen LogP contribution in [0.2, 0.25) is 0 Å². The van der Waals surface area contributed by atoms with Crippen molar-refractivity contribution in [3.05, 3.63) is 16.5 Å². The van der Waals surface area contributed by atoms with Crippen LogP contribution in [0.1, 0.15) is 54.9 Å². The minimum absolute atomic E-state index is 0.0538. The lowest BCUT2D eigenvalue weighted by molar-refractivity contribution is 0.0882. The van der Waals surface area contributed by atoms with Gasteiger partial charge in [0.1, 0.15) is 4.21 Å². The molecular formula is C13H18ClNO3S2. The number of carbonyl (C=O) groups is 1. The van der Waals surface area contributed by atoms with Gasteiger partial charge in [-0.2, -0.15) is 0 Å². The third-order valence-corrected chi connectivity index (χ3v) is 7.14. The molecule has 1 heterocycles. The third kappa shape index (κ3) is 3.35. The number of carbonyl (C=O) groups excluding carboxylic acids is 1. The zero-order valence-corrected chi connectivity index (χ0v) is 13.9. The fourth-order valence-corrected chi connectivity index (χ4v) is 5.21. The number of halogens is 1. The second kappa shape index (κ2) is 5.66. The maximum Gasteiger partial charge on any atom is 0.271 e. The van der Waals surface area contributed by atoms with E-state index in [-0.39, 0.29) is 15.7 Å². The third-order valence-electron chi connectivity index (χ3n) is 3.83. The predicted molar refractivity (Wildman–Crippen MR) is 81.1 cm³/mol. The van der Waals surface area contributed by atoms with E-state index in [1.54, 1.807) is 12.3 Å². The molecule has 0 spiro atoms. The van der Waals surface area contributed by atoms with Crippen LogP contribution < -0.4 is 5.32 Å². The molecule has 0 atom stereocenters. The van der Waals surface area contributed by atoms with Gasteiger partial charge in [0.15, 0.2) is 0 Å². The Balaban J connectivity index is 2.20. The molecule has 112 valence electrons. The minimum atomic E-state index is -3.78. The maximum atomic E-state index is 12.3. The summed E-state index contributed by atoms with van der Waals surface area (Å²) in [5.41, 5.74) is 0.645. The van der Waals surface area contributed by atoms with Crippen LogP contribution in [0.3, 0.4) is 0 Å². The Morgan fingerprint density at radius 3 is 2.45 bits per heavy atom. The summed E-state index contributed by atoms with van der Waals surface area (Å²) >= 11 is 0.992. The number of thiophene rings is 1. The molecule has 0 aromatic carbocycles. The van der Waals surface area contributed by atoms with E-state index in [1.807, 2.05) is 6.92 Å². The van der Waals surface area contributed by atoms with Crippen molar-refractivity contribution in [1.29, 1.82) is 0 Å². The molecule has 1 aliphatic rings. The van der Waals surface area contributed by atoms with Gasteiger partial charge in [-0.25, -0.2) is 8.42 Å². The highest BCUT2D eigenvalue weighted by Gasteiger charge is 2.30. The summed E-state index contributed by atoms with van der Waals surface area (Å²) in [4.78, 5) is 12.3. The molecule has 1 aliphatic carbocycles. The lowest BCUT2D eigenvalue weighted by atomic mass is 9.83. The highest BCUT2D eigenvalue weighted by atomic mass is 35.7. The molecule has 1 saturated carbocycles. The van der Waals surface area contributed by atoms with Crippen molar-refractivity contribution in [2.75, 3.05) is 0 Å². The molecule has 1 fully saturated rings. The van der Waals surface area contributed by atoms with Gasteiger partial charge in [0.25, 0.3) is 15.0 Å². The first-order valence-electron chi connectivity index (χ1n) is 6.58. The average molecular weight is 336 g/mol. The van der Waals surface area contributed by atoms with Crippen LogP contribution in [0.5, 0.6) is 0 Å². The molecule has 7 heteroatoms. The van der Waals surface area contributed by atoms with Crippen molar-refractivity contribution >= 4 is 37.0 Å². The second-order valence-electron chi connectivity index (χ2n) is 5.58. The quantitative estimate of drug-likeness (QED) is 0.861. The zero-order valence-electron chi connectivity index (χ0n) is 11.5. The summed E-state index contributed by atoms with van der Waals surface area (Å²) in [6.07, 6.45) is 5.35. The Labute approximate surface area is 127 Å². The van der Waals surface area contributed by atoms with Crippen LogP contribution in [0.4, 0.5) is 0 Å². The Morgan fingerprint density at radius 2 is 1.95 bits per heavy atom. The Bertz CT molecular complexity index is 616. The first kappa shape index (κ1) is 15.8. The van der Waals surface area contributed by atoms with E-state index in [1.165, 1.54) is 6.42 Å². The largest absolute Gasteiger partial charge is 0.347 e. The number of hydrogen-bond donors (Lipinski definition) is 1. The number of rotatable bonds is 3. The van der Waals surface area contributed by atoms with Crippen LogP contribution in [-0.4, -0.2) is 19.9 Å². The van der Waals surface area contributed by atoms with Crippen LogP contribution in [-0.2, 0) is 9.05 Å². The molecule has 0 unspecified atom stereocenters. The van der Waals surface area contributed by atoms with Gasteiger partial charge in [-0.05, 0) is 32.3 Å². The SMILES string of the molecule is Cc1c(C(=O)NC2(C)CCCCC2)csc1S(=O)(=O)Cl. The molecular weight excluding hydrogens is 318 g/mol. The summed E-state index contributed by atoms with van der Waals surface area (Å²) in [5, 5.41) is 4.61. The van der Waals surface area contributed by atoms with Crippen LogP contribution in [0.15, 0.2) is 9.59 Å². The zero-order chi connectivity index (χ0) is 15.0. The molecule has 1 aromatic rings. The molecule has 0 aliphatic heterocycles. The lowest BCUT2D eigenvalue weighted by Gasteiger charge is -2.34. The molecule has 0 bridgehead atoms. The number of hydrogen-bond acceptors (Lipinski definition) is 4. The average Bonchev–Trinajstić information content (AvgIpc) is 2.71. The van der Waals surface area contributed by atoms with Crippen molar-refractivity contribution in [3.63, 3.8) is 0 Å². The summed E-state index contributed by atoms with van der Waals surface area (Å²) in [7, 11) is 1.57. The first-order valence-corrected chi connectivity index (χ1v) is 9.77. The van der Waals surface area contributed by atoms with Gasteiger partial charge in [0.05, 0.1) is 5.56 Å². The van der Waals surface area contributed by atoms with E-state index in [4.69, 9.17) is 10.7 Å². The van der Waals surface area contributed by atoms with Gasteiger partial charge in [-0.15, -0.1) is 11.3 Å². The molecule has 20 heavy (non-hydrogen) atoms. The van der Waals surface area contributed by atoms with E-state index in [0.29, 0.717) is 11.1 Å². The molecule has 0 radical (unpaired) electrons. The fraction of sp³-hybridized carbons (Fsp3) is 0.615. The molecule has 1 N–H and O–H groups in total. The maximum absolute atomic E-state index is 12.3. The predicted octanol–water partition coefficient (Wildman–Crippen LogP) is 3.44. The molecule has 4 nitrogen and oxygen atoms in total. The second-order valence-corrected chi connectivity index (χ2v) is 9.22. The smallest absolute Gasteiger partial charge is 0.271 e. The number of amides is 1. The van der Waals surface area contributed by atoms with E-state index in [2.05, 4.69) is 5.32 Å². The van der Waals surface area contributed by atoms with Crippen molar-refractivity contribution in [1.82, 2.24) is 5.32 Å². The van der Waals surface area contributed by atoms with Crippen molar-refractivity contribution in [3.8, 4) is 0 Å². The monoisotopic (exact) mass is 335 g/mol. The van der Waals surface area contributed by atoms with Gasteiger partial charge in [0.2, 0.25) is 0 Å². The van der Waals surface area contributed by atoms with Gasteiger partial charge in [-0.1, -0.05) is 19.3 Å².